The molecule has 0 aliphatic heterocycles. The summed E-state index contributed by atoms with van der Waals surface area (Å²) in [6.07, 6.45) is 1.70. The van der Waals surface area contributed by atoms with E-state index in [1.165, 1.54) is 0 Å². The molecule has 0 fully saturated rings. The zero-order valence-corrected chi connectivity index (χ0v) is 8.05. The van der Waals surface area contributed by atoms with Gasteiger partial charge in [-0.25, -0.2) is 9.97 Å². The second-order valence-electron chi connectivity index (χ2n) is 3.24. The maximum absolute atomic E-state index is 5.56. The first-order valence-electron chi connectivity index (χ1n) is 4.49. The predicted octanol–water partition coefficient (Wildman–Crippen LogP) is 0.563. The molecule has 0 atom stereocenters. The van der Waals surface area contributed by atoms with E-state index in [4.69, 9.17) is 5.73 Å². The number of fused-ring (bicyclic) bond motifs is 3. The van der Waals surface area contributed by atoms with E-state index in [9.17, 15) is 0 Å². The molecule has 3 heterocycles. The average molecular weight is 200 g/mol. The molecule has 0 radical (unpaired) electrons. The van der Waals surface area contributed by atoms with Gasteiger partial charge in [0.2, 0.25) is 5.95 Å². The molecule has 0 aromatic carbocycles. The SMILES string of the molecule is Cc1nc2ncccc2c2nc(N)nn12. The van der Waals surface area contributed by atoms with Gasteiger partial charge in [-0.3, -0.25) is 0 Å². The van der Waals surface area contributed by atoms with Crippen molar-refractivity contribution in [2.24, 2.45) is 0 Å². The highest BCUT2D eigenvalue weighted by Gasteiger charge is 2.09. The third kappa shape index (κ3) is 1.04. The number of anilines is 1. The van der Waals surface area contributed by atoms with E-state index in [2.05, 4.69) is 20.1 Å². The fourth-order valence-electron chi connectivity index (χ4n) is 1.59. The van der Waals surface area contributed by atoms with Crippen molar-refractivity contribution in [2.45, 2.75) is 6.92 Å². The van der Waals surface area contributed by atoms with Crippen molar-refractivity contribution in [3.63, 3.8) is 0 Å². The summed E-state index contributed by atoms with van der Waals surface area (Å²) in [5, 5.41) is 4.91. The van der Waals surface area contributed by atoms with Crippen molar-refractivity contribution >= 4 is 22.6 Å². The Morgan fingerprint density at radius 2 is 2.20 bits per heavy atom. The molecule has 3 aromatic heterocycles. The van der Waals surface area contributed by atoms with E-state index < -0.39 is 0 Å². The minimum absolute atomic E-state index is 0.247. The molecule has 6 heteroatoms. The summed E-state index contributed by atoms with van der Waals surface area (Å²) in [5.74, 6) is 0.969. The summed E-state index contributed by atoms with van der Waals surface area (Å²) >= 11 is 0. The third-order valence-electron chi connectivity index (χ3n) is 2.23. The summed E-state index contributed by atoms with van der Waals surface area (Å²) in [7, 11) is 0. The van der Waals surface area contributed by atoms with Crippen LogP contribution in [0, 0.1) is 6.92 Å². The lowest BCUT2D eigenvalue weighted by molar-refractivity contribution is 0.877. The topological polar surface area (TPSA) is 82.0 Å². The largest absolute Gasteiger partial charge is 0.366 e. The quantitative estimate of drug-likeness (QED) is 0.573. The first-order valence-corrected chi connectivity index (χ1v) is 4.49. The van der Waals surface area contributed by atoms with Gasteiger partial charge in [0.25, 0.3) is 0 Å². The van der Waals surface area contributed by atoms with Gasteiger partial charge in [0.05, 0.1) is 5.39 Å². The molecule has 15 heavy (non-hydrogen) atoms. The zero-order valence-electron chi connectivity index (χ0n) is 8.05. The van der Waals surface area contributed by atoms with Gasteiger partial charge in [0.15, 0.2) is 11.3 Å². The number of aryl methyl sites for hydroxylation is 1. The molecular weight excluding hydrogens is 192 g/mol. The Labute approximate surface area is 84.8 Å². The number of pyridine rings is 1. The first-order chi connectivity index (χ1) is 7.25. The zero-order chi connectivity index (χ0) is 10.4. The molecule has 0 aliphatic rings. The number of nitrogen functional groups attached to an aromatic ring is 1. The van der Waals surface area contributed by atoms with Gasteiger partial charge < -0.3 is 5.73 Å². The standard InChI is InChI=1S/C9H8N6/c1-5-12-7-6(3-2-4-11-7)8-13-9(10)14-15(5)8/h2-4H,1H3,(H2,10,14). The van der Waals surface area contributed by atoms with Crippen molar-refractivity contribution in [3.8, 4) is 0 Å². The van der Waals surface area contributed by atoms with Crippen LogP contribution >= 0.6 is 0 Å². The minimum Gasteiger partial charge on any atom is -0.366 e. The van der Waals surface area contributed by atoms with Crippen molar-refractivity contribution in [3.05, 3.63) is 24.2 Å². The van der Waals surface area contributed by atoms with Crippen molar-refractivity contribution < 1.29 is 0 Å². The lowest BCUT2D eigenvalue weighted by atomic mass is 10.3. The molecule has 0 spiro atoms. The van der Waals surface area contributed by atoms with Crippen LogP contribution in [-0.4, -0.2) is 24.6 Å². The molecule has 0 amide bonds. The van der Waals surface area contributed by atoms with Crippen LogP contribution in [0.1, 0.15) is 5.82 Å². The smallest absolute Gasteiger partial charge is 0.240 e. The van der Waals surface area contributed by atoms with E-state index in [-0.39, 0.29) is 5.95 Å². The van der Waals surface area contributed by atoms with Gasteiger partial charge >= 0.3 is 0 Å². The molecule has 0 bridgehead atoms. The van der Waals surface area contributed by atoms with E-state index >= 15 is 0 Å². The Morgan fingerprint density at radius 3 is 3.07 bits per heavy atom. The highest BCUT2D eigenvalue weighted by Crippen LogP contribution is 2.16. The Hall–Kier alpha value is -2.24. The summed E-state index contributed by atoms with van der Waals surface area (Å²) < 4.78 is 1.62. The second-order valence-corrected chi connectivity index (χ2v) is 3.24. The number of nitrogens with two attached hydrogens (primary N) is 1. The van der Waals surface area contributed by atoms with Gasteiger partial charge in [0.1, 0.15) is 5.82 Å². The lowest BCUT2D eigenvalue weighted by Gasteiger charge is -2.00. The molecule has 0 aliphatic carbocycles. The number of hydrogen-bond donors (Lipinski definition) is 1. The number of rotatable bonds is 0. The Balaban J connectivity index is 2.63. The van der Waals surface area contributed by atoms with Crippen LogP contribution in [0.25, 0.3) is 16.7 Å². The van der Waals surface area contributed by atoms with Crippen LogP contribution < -0.4 is 5.73 Å². The highest BCUT2D eigenvalue weighted by atomic mass is 15.3. The third-order valence-corrected chi connectivity index (χ3v) is 2.23. The maximum Gasteiger partial charge on any atom is 0.240 e. The molecule has 74 valence electrons. The Bertz CT molecular complexity index is 656. The Morgan fingerprint density at radius 1 is 1.33 bits per heavy atom. The molecule has 0 saturated heterocycles. The summed E-state index contributed by atoms with van der Waals surface area (Å²) in [6.45, 7) is 1.84. The number of aromatic nitrogens is 5. The molecule has 0 saturated carbocycles. The molecule has 6 nitrogen and oxygen atoms in total. The van der Waals surface area contributed by atoms with Gasteiger partial charge in [0, 0.05) is 6.20 Å². The lowest BCUT2D eigenvalue weighted by Crippen LogP contribution is -1.99. The molecular formula is C9H8N6. The fourth-order valence-corrected chi connectivity index (χ4v) is 1.59. The van der Waals surface area contributed by atoms with E-state index in [1.54, 1.807) is 10.7 Å². The minimum atomic E-state index is 0.247. The van der Waals surface area contributed by atoms with E-state index in [1.807, 2.05) is 19.1 Å². The van der Waals surface area contributed by atoms with E-state index in [0.29, 0.717) is 11.3 Å². The number of hydrogen-bond acceptors (Lipinski definition) is 5. The van der Waals surface area contributed by atoms with Crippen LogP contribution in [0.15, 0.2) is 18.3 Å². The van der Waals surface area contributed by atoms with Gasteiger partial charge in [-0.15, -0.1) is 5.10 Å². The van der Waals surface area contributed by atoms with Crippen molar-refractivity contribution in [1.82, 2.24) is 24.6 Å². The molecule has 3 rings (SSSR count). The normalized spacial score (nSPS) is 11.3. The van der Waals surface area contributed by atoms with Gasteiger partial charge in [-0.05, 0) is 19.1 Å². The fraction of sp³-hybridized carbons (Fsp3) is 0.111. The van der Waals surface area contributed by atoms with Gasteiger partial charge in [-0.1, -0.05) is 0 Å². The van der Waals surface area contributed by atoms with E-state index in [0.717, 1.165) is 11.2 Å². The molecule has 0 unspecified atom stereocenters. The first kappa shape index (κ1) is 8.10. The molecule has 3 aromatic rings. The molecule has 2 N–H and O–H groups in total. The summed E-state index contributed by atoms with van der Waals surface area (Å²) in [5.41, 5.74) is 6.92. The van der Waals surface area contributed by atoms with Crippen molar-refractivity contribution in [1.29, 1.82) is 0 Å². The van der Waals surface area contributed by atoms with Crippen LogP contribution in [0.3, 0.4) is 0 Å². The number of nitrogens with zero attached hydrogens (tertiary/aromatic N) is 5. The highest BCUT2D eigenvalue weighted by molar-refractivity contribution is 5.88. The van der Waals surface area contributed by atoms with Crippen LogP contribution in [0.2, 0.25) is 0 Å². The van der Waals surface area contributed by atoms with Crippen LogP contribution in [0.4, 0.5) is 5.95 Å². The predicted molar refractivity (Wildman–Crippen MR) is 55.2 cm³/mol. The van der Waals surface area contributed by atoms with Gasteiger partial charge in [-0.2, -0.15) is 9.50 Å². The van der Waals surface area contributed by atoms with Crippen LogP contribution in [0.5, 0.6) is 0 Å². The monoisotopic (exact) mass is 200 g/mol. The summed E-state index contributed by atoms with van der Waals surface area (Å²) in [4.78, 5) is 12.6. The average Bonchev–Trinajstić information content (AvgIpc) is 2.61. The van der Waals surface area contributed by atoms with Crippen LogP contribution in [-0.2, 0) is 0 Å². The maximum atomic E-state index is 5.56. The summed E-state index contributed by atoms with van der Waals surface area (Å²) in [6, 6.07) is 3.74. The Kier molecular flexibility index (Phi) is 1.42. The second kappa shape index (κ2) is 2.63. The van der Waals surface area contributed by atoms with Crippen molar-refractivity contribution in [2.75, 3.05) is 5.73 Å².